The molecule has 2 aromatic rings. The molecular formula is C18H15F2NO4. The highest BCUT2D eigenvalue weighted by molar-refractivity contribution is 5.98. The van der Waals surface area contributed by atoms with Crippen LogP contribution >= 0.6 is 0 Å². The number of methoxy groups -OCH3 is 1. The van der Waals surface area contributed by atoms with Gasteiger partial charge in [-0.05, 0) is 18.6 Å². The van der Waals surface area contributed by atoms with Gasteiger partial charge in [-0.15, -0.1) is 0 Å². The lowest BCUT2D eigenvalue weighted by molar-refractivity contribution is -0.118. The Balaban J connectivity index is 1.88. The predicted molar refractivity (Wildman–Crippen MR) is 85.6 cm³/mol. The van der Waals surface area contributed by atoms with Crippen molar-refractivity contribution in [3.05, 3.63) is 59.2 Å². The molecule has 0 bridgehead atoms. The van der Waals surface area contributed by atoms with E-state index in [0.717, 1.165) is 13.2 Å². The van der Waals surface area contributed by atoms with Gasteiger partial charge in [0.15, 0.2) is 0 Å². The van der Waals surface area contributed by atoms with E-state index in [1.54, 1.807) is 24.3 Å². The molecule has 3 rings (SSSR count). The molecule has 2 aromatic carbocycles. The van der Waals surface area contributed by atoms with E-state index in [1.165, 1.54) is 0 Å². The molecule has 1 N–H and O–H groups in total. The van der Waals surface area contributed by atoms with Crippen molar-refractivity contribution in [3.8, 4) is 5.75 Å². The summed E-state index contributed by atoms with van der Waals surface area (Å²) in [4.78, 5) is 24.1. The number of anilines is 1. The van der Waals surface area contributed by atoms with Crippen molar-refractivity contribution in [2.75, 3.05) is 19.0 Å². The van der Waals surface area contributed by atoms with E-state index in [4.69, 9.17) is 4.74 Å². The lowest BCUT2D eigenvalue weighted by atomic mass is 9.92. The van der Waals surface area contributed by atoms with E-state index >= 15 is 0 Å². The van der Waals surface area contributed by atoms with E-state index in [9.17, 15) is 18.4 Å². The fraction of sp³-hybridized carbons (Fsp3) is 0.222. The standard InChI is InChI=1S/C18H15F2NO4/c1-24-18(23)12-8-15(14(20)9-13(12)19)21-17(22)11-6-7-25-16-5-3-2-4-10(11)16/h2-5,8-9,11H,6-7H2,1H3,(H,21,22)/t11-/m1/s1. The zero-order valence-corrected chi connectivity index (χ0v) is 13.3. The number of benzene rings is 2. The van der Waals surface area contributed by atoms with Gasteiger partial charge in [-0.2, -0.15) is 0 Å². The molecule has 0 saturated heterocycles. The third-order valence-corrected chi connectivity index (χ3v) is 3.99. The molecule has 1 aliphatic heterocycles. The number of esters is 1. The van der Waals surface area contributed by atoms with Gasteiger partial charge in [-0.25, -0.2) is 13.6 Å². The molecule has 1 atom stereocenters. The van der Waals surface area contributed by atoms with Crippen molar-refractivity contribution >= 4 is 17.6 Å². The normalized spacial score (nSPS) is 15.7. The third-order valence-electron chi connectivity index (χ3n) is 3.99. The van der Waals surface area contributed by atoms with Crippen LogP contribution in [0.15, 0.2) is 36.4 Å². The first-order valence-electron chi connectivity index (χ1n) is 7.61. The highest BCUT2D eigenvalue weighted by Crippen LogP contribution is 2.34. The summed E-state index contributed by atoms with van der Waals surface area (Å²) < 4.78 is 37.6. The van der Waals surface area contributed by atoms with Crippen molar-refractivity contribution in [3.63, 3.8) is 0 Å². The third kappa shape index (κ3) is 3.31. The van der Waals surface area contributed by atoms with E-state index in [2.05, 4.69) is 10.1 Å². The Morgan fingerprint density at radius 1 is 1.20 bits per heavy atom. The Hall–Kier alpha value is -2.96. The fourth-order valence-electron chi connectivity index (χ4n) is 2.75. The van der Waals surface area contributed by atoms with Crippen LogP contribution in [0.3, 0.4) is 0 Å². The first-order valence-corrected chi connectivity index (χ1v) is 7.61. The number of amides is 1. The molecule has 0 aliphatic carbocycles. The maximum Gasteiger partial charge on any atom is 0.340 e. The first-order chi connectivity index (χ1) is 12.0. The average Bonchev–Trinajstić information content (AvgIpc) is 2.62. The van der Waals surface area contributed by atoms with Crippen molar-refractivity contribution in [1.29, 1.82) is 0 Å². The molecule has 0 fully saturated rings. The number of carbonyl (C=O) groups excluding carboxylic acids is 2. The lowest BCUT2D eigenvalue weighted by Gasteiger charge is -2.25. The van der Waals surface area contributed by atoms with E-state index in [0.29, 0.717) is 30.4 Å². The summed E-state index contributed by atoms with van der Waals surface area (Å²) in [5, 5.41) is 2.42. The quantitative estimate of drug-likeness (QED) is 0.866. The monoisotopic (exact) mass is 347 g/mol. The molecule has 1 heterocycles. The van der Waals surface area contributed by atoms with Gasteiger partial charge < -0.3 is 14.8 Å². The summed E-state index contributed by atoms with van der Waals surface area (Å²) in [6, 6.07) is 8.56. The molecule has 7 heteroatoms. The molecule has 25 heavy (non-hydrogen) atoms. The highest BCUT2D eigenvalue weighted by Gasteiger charge is 2.28. The van der Waals surface area contributed by atoms with Crippen LogP contribution in [0, 0.1) is 11.6 Å². The van der Waals surface area contributed by atoms with Crippen molar-refractivity contribution in [1.82, 2.24) is 0 Å². The summed E-state index contributed by atoms with van der Waals surface area (Å²) in [5.74, 6) is -3.38. The second kappa shape index (κ2) is 6.88. The number of nitrogens with one attached hydrogen (secondary N) is 1. The molecule has 5 nitrogen and oxygen atoms in total. The maximum absolute atomic E-state index is 14.0. The van der Waals surface area contributed by atoms with E-state index < -0.39 is 35.0 Å². The smallest absolute Gasteiger partial charge is 0.340 e. The molecule has 0 unspecified atom stereocenters. The van der Waals surface area contributed by atoms with Crippen molar-refractivity contribution < 1.29 is 27.8 Å². The molecule has 130 valence electrons. The fourth-order valence-corrected chi connectivity index (χ4v) is 2.75. The Bertz CT molecular complexity index is 838. The number of fused-ring (bicyclic) bond motifs is 1. The molecular weight excluding hydrogens is 332 g/mol. The minimum absolute atomic E-state index is 0.282. The number of hydrogen-bond donors (Lipinski definition) is 1. The number of halogens is 2. The Morgan fingerprint density at radius 3 is 2.72 bits per heavy atom. The molecule has 0 saturated carbocycles. The predicted octanol–water partition coefficient (Wildman–Crippen LogP) is 3.26. The number of ether oxygens (including phenoxy) is 2. The van der Waals surface area contributed by atoms with Crippen LogP contribution in [0.4, 0.5) is 14.5 Å². The zero-order valence-electron chi connectivity index (χ0n) is 13.3. The van der Waals surface area contributed by atoms with Gasteiger partial charge in [-0.3, -0.25) is 4.79 Å². The number of para-hydroxylation sites is 1. The van der Waals surface area contributed by atoms with Crippen LogP contribution in [-0.2, 0) is 9.53 Å². The number of carbonyl (C=O) groups is 2. The molecule has 1 amide bonds. The van der Waals surface area contributed by atoms with Crippen LogP contribution in [0.5, 0.6) is 5.75 Å². The van der Waals surface area contributed by atoms with Crippen molar-refractivity contribution in [2.24, 2.45) is 0 Å². The SMILES string of the molecule is COC(=O)c1cc(NC(=O)[C@@H]2CCOc3ccccc32)c(F)cc1F. The summed E-state index contributed by atoms with van der Waals surface area (Å²) >= 11 is 0. The Morgan fingerprint density at radius 2 is 1.96 bits per heavy atom. The summed E-state index contributed by atoms with van der Waals surface area (Å²) in [5.41, 5.74) is -0.0377. The van der Waals surface area contributed by atoms with Gasteiger partial charge in [0.1, 0.15) is 17.4 Å². The van der Waals surface area contributed by atoms with Crippen LogP contribution in [0.2, 0.25) is 0 Å². The van der Waals surface area contributed by atoms with Crippen LogP contribution in [-0.4, -0.2) is 25.6 Å². The molecule has 0 aromatic heterocycles. The Kier molecular flexibility index (Phi) is 4.65. The Labute approximate surface area is 142 Å². The first kappa shape index (κ1) is 16.9. The highest BCUT2D eigenvalue weighted by atomic mass is 19.1. The topological polar surface area (TPSA) is 64.6 Å². The average molecular weight is 347 g/mol. The van der Waals surface area contributed by atoms with Gasteiger partial charge in [0.2, 0.25) is 5.91 Å². The van der Waals surface area contributed by atoms with Gasteiger partial charge in [-0.1, -0.05) is 18.2 Å². The molecule has 1 aliphatic rings. The van der Waals surface area contributed by atoms with Crippen molar-refractivity contribution in [2.45, 2.75) is 12.3 Å². The molecule has 0 radical (unpaired) electrons. The van der Waals surface area contributed by atoms with E-state index in [1.807, 2.05) is 0 Å². The lowest BCUT2D eigenvalue weighted by Crippen LogP contribution is -2.27. The van der Waals surface area contributed by atoms with Gasteiger partial charge in [0.05, 0.1) is 30.9 Å². The second-order valence-electron chi connectivity index (χ2n) is 5.52. The van der Waals surface area contributed by atoms with Gasteiger partial charge in [0.25, 0.3) is 0 Å². The maximum atomic E-state index is 14.0. The zero-order chi connectivity index (χ0) is 18.0. The van der Waals surface area contributed by atoms with Gasteiger partial charge >= 0.3 is 5.97 Å². The minimum atomic E-state index is -1.06. The van der Waals surface area contributed by atoms with E-state index in [-0.39, 0.29) is 5.69 Å². The van der Waals surface area contributed by atoms with Gasteiger partial charge in [0, 0.05) is 11.6 Å². The largest absolute Gasteiger partial charge is 0.493 e. The van der Waals surface area contributed by atoms with Crippen LogP contribution in [0.25, 0.3) is 0 Å². The summed E-state index contributed by atoms with van der Waals surface area (Å²) in [6.07, 6.45) is 0.426. The van der Waals surface area contributed by atoms with Crippen LogP contribution in [0.1, 0.15) is 28.3 Å². The minimum Gasteiger partial charge on any atom is -0.493 e. The molecule has 0 spiro atoms. The number of rotatable bonds is 3. The summed E-state index contributed by atoms with van der Waals surface area (Å²) in [6.45, 7) is 0.356. The number of hydrogen-bond acceptors (Lipinski definition) is 4. The van der Waals surface area contributed by atoms with Crippen LogP contribution < -0.4 is 10.1 Å². The summed E-state index contributed by atoms with van der Waals surface area (Å²) in [7, 11) is 1.09. The second-order valence-corrected chi connectivity index (χ2v) is 5.52.